The lowest BCUT2D eigenvalue weighted by molar-refractivity contribution is 0.310. The van der Waals surface area contributed by atoms with Gasteiger partial charge in [-0.2, -0.15) is 15.0 Å². The van der Waals surface area contributed by atoms with Gasteiger partial charge in [0.1, 0.15) is 0 Å². The summed E-state index contributed by atoms with van der Waals surface area (Å²) < 4.78 is 5.34. The van der Waals surface area contributed by atoms with Crippen LogP contribution in [0.3, 0.4) is 0 Å². The van der Waals surface area contributed by atoms with Gasteiger partial charge in [0.15, 0.2) is 0 Å². The molecule has 0 amide bonds. The molecule has 1 fully saturated rings. The Morgan fingerprint density at radius 3 is 2.53 bits per heavy atom. The number of nitrogens with zero attached hydrogens (tertiary/aromatic N) is 4. The molecular weight excluding hydrogens is 264 g/mol. The molecule has 1 aliphatic carbocycles. The zero-order chi connectivity index (χ0) is 13.7. The van der Waals surface area contributed by atoms with E-state index in [1.807, 2.05) is 6.92 Å². The third-order valence-electron chi connectivity index (χ3n) is 3.46. The summed E-state index contributed by atoms with van der Waals surface area (Å²) in [5.74, 6) is 0.637. The van der Waals surface area contributed by atoms with Crippen LogP contribution >= 0.6 is 11.6 Å². The molecule has 1 saturated carbocycles. The zero-order valence-electron chi connectivity index (χ0n) is 11.6. The average Bonchev–Trinajstić information content (AvgIpc) is 2.40. The van der Waals surface area contributed by atoms with Crippen molar-refractivity contribution >= 4 is 17.5 Å². The molecule has 6 heteroatoms. The number of aromatic nitrogens is 3. The molecule has 0 atom stereocenters. The van der Waals surface area contributed by atoms with Crippen LogP contribution in [-0.2, 0) is 0 Å². The monoisotopic (exact) mass is 284 g/mol. The van der Waals surface area contributed by atoms with E-state index in [0.29, 0.717) is 24.6 Å². The van der Waals surface area contributed by atoms with Crippen molar-refractivity contribution in [1.82, 2.24) is 15.0 Å². The van der Waals surface area contributed by atoms with Gasteiger partial charge in [0.05, 0.1) is 6.61 Å². The van der Waals surface area contributed by atoms with Crippen LogP contribution in [-0.4, -0.2) is 34.1 Å². The van der Waals surface area contributed by atoms with Gasteiger partial charge in [-0.15, -0.1) is 0 Å². The van der Waals surface area contributed by atoms with Crippen LogP contribution in [0.25, 0.3) is 0 Å². The normalized spacial score (nSPS) is 16.4. The summed E-state index contributed by atoms with van der Waals surface area (Å²) in [4.78, 5) is 14.8. The molecule has 5 nitrogen and oxygen atoms in total. The van der Waals surface area contributed by atoms with Crippen molar-refractivity contribution in [3.63, 3.8) is 0 Å². The average molecular weight is 285 g/mol. The van der Waals surface area contributed by atoms with Gasteiger partial charge in [0.2, 0.25) is 11.2 Å². The number of halogens is 1. The van der Waals surface area contributed by atoms with Crippen LogP contribution in [0.15, 0.2) is 0 Å². The summed E-state index contributed by atoms with van der Waals surface area (Å²) in [6.45, 7) is 5.41. The molecule has 1 aromatic heterocycles. The Kier molecular flexibility index (Phi) is 5.19. The van der Waals surface area contributed by atoms with Crippen LogP contribution in [0, 0.1) is 0 Å². The van der Waals surface area contributed by atoms with E-state index in [-0.39, 0.29) is 5.28 Å². The molecule has 19 heavy (non-hydrogen) atoms. The molecular formula is C13H21ClN4O. The van der Waals surface area contributed by atoms with E-state index >= 15 is 0 Å². The standard InChI is InChI=1S/C13H21ClN4O/c1-3-18(10-8-6-5-7-9-10)12-15-11(14)16-13(17-12)19-4-2/h10H,3-9H2,1-2H3. The summed E-state index contributed by atoms with van der Waals surface area (Å²) in [5.41, 5.74) is 0. The fraction of sp³-hybridized carbons (Fsp3) is 0.769. The number of rotatable bonds is 5. The van der Waals surface area contributed by atoms with E-state index < -0.39 is 0 Å². The molecule has 2 rings (SSSR count). The van der Waals surface area contributed by atoms with Gasteiger partial charge in [0.25, 0.3) is 0 Å². The quantitative estimate of drug-likeness (QED) is 0.832. The van der Waals surface area contributed by atoms with Crippen molar-refractivity contribution in [2.75, 3.05) is 18.1 Å². The van der Waals surface area contributed by atoms with Crippen LogP contribution in [0.4, 0.5) is 5.95 Å². The van der Waals surface area contributed by atoms with Gasteiger partial charge in [-0.25, -0.2) is 0 Å². The second-order valence-electron chi connectivity index (χ2n) is 4.70. The van der Waals surface area contributed by atoms with Gasteiger partial charge in [-0.3, -0.25) is 0 Å². The molecule has 0 saturated heterocycles. The van der Waals surface area contributed by atoms with Crippen molar-refractivity contribution in [3.8, 4) is 6.01 Å². The highest BCUT2D eigenvalue weighted by atomic mass is 35.5. The number of ether oxygens (including phenoxy) is 1. The minimum Gasteiger partial charge on any atom is -0.464 e. The third-order valence-corrected chi connectivity index (χ3v) is 3.63. The maximum absolute atomic E-state index is 5.96. The number of hydrogen-bond acceptors (Lipinski definition) is 5. The Hall–Kier alpha value is -1.10. The number of hydrogen-bond donors (Lipinski definition) is 0. The molecule has 0 unspecified atom stereocenters. The maximum Gasteiger partial charge on any atom is 0.322 e. The minimum absolute atomic E-state index is 0.197. The van der Waals surface area contributed by atoms with E-state index in [9.17, 15) is 0 Å². The number of anilines is 1. The van der Waals surface area contributed by atoms with Crippen molar-refractivity contribution in [2.24, 2.45) is 0 Å². The SMILES string of the molecule is CCOc1nc(Cl)nc(N(CC)C2CCCCC2)n1. The molecule has 0 aliphatic heterocycles. The van der Waals surface area contributed by atoms with Crippen LogP contribution in [0.2, 0.25) is 5.28 Å². The highest BCUT2D eigenvalue weighted by Gasteiger charge is 2.23. The van der Waals surface area contributed by atoms with Gasteiger partial charge in [0, 0.05) is 12.6 Å². The molecule has 0 spiro atoms. The lowest BCUT2D eigenvalue weighted by atomic mass is 9.94. The summed E-state index contributed by atoms with van der Waals surface area (Å²) >= 11 is 5.96. The summed E-state index contributed by atoms with van der Waals surface area (Å²) in [7, 11) is 0. The van der Waals surface area contributed by atoms with E-state index in [4.69, 9.17) is 16.3 Å². The van der Waals surface area contributed by atoms with Crippen molar-refractivity contribution in [2.45, 2.75) is 52.0 Å². The van der Waals surface area contributed by atoms with Crippen LogP contribution in [0.5, 0.6) is 6.01 Å². The van der Waals surface area contributed by atoms with E-state index in [0.717, 1.165) is 6.54 Å². The predicted molar refractivity (Wildman–Crippen MR) is 75.9 cm³/mol. The van der Waals surface area contributed by atoms with Gasteiger partial charge < -0.3 is 9.64 Å². The predicted octanol–water partition coefficient (Wildman–Crippen LogP) is 3.08. The topological polar surface area (TPSA) is 51.1 Å². The Balaban J connectivity index is 2.21. The van der Waals surface area contributed by atoms with Crippen LogP contribution in [0.1, 0.15) is 46.0 Å². The van der Waals surface area contributed by atoms with Crippen molar-refractivity contribution in [3.05, 3.63) is 5.28 Å². The first kappa shape index (κ1) is 14.3. The van der Waals surface area contributed by atoms with Gasteiger partial charge in [-0.1, -0.05) is 19.3 Å². The Labute approximate surface area is 119 Å². The van der Waals surface area contributed by atoms with E-state index in [1.54, 1.807) is 0 Å². The summed E-state index contributed by atoms with van der Waals surface area (Å²) in [6.07, 6.45) is 6.27. The van der Waals surface area contributed by atoms with E-state index in [2.05, 4.69) is 26.8 Å². The second kappa shape index (κ2) is 6.89. The molecule has 0 aromatic carbocycles. The minimum atomic E-state index is 0.197. The summed E-state index contributed by atoms with van der Waals surface area (Å²) in [6, 6.07) is 0.818. The summed E-state index contributed by atoms with van der Waals surface area (Å²) in [5, 5.41) is 0.197. The lowest BCUT2D eigenvalue weighted by Gasteiger charge is -2.33. The molecule has 0 N–H and O–H groups in total. The van der Waals surface area contributed by atoms with Crippen LogP contribution < -0.4 is 9.64 Å². The smallest absolute Gasteiger partial charge is 0.322 e. The Bertz CT molecular complexity index is 410. The fourth-order valence-electron chi connectivity index (χ4n) is 2.60. The lowest BCUT2D eigenvalue weighted by Crippen LogP contribution is -2.38. The Morgan fingerprint density at radius 1 is 1.16 bits per heavy atom. The molecule has 1 heterocycles. The first-order valence-corrected chi connectivity index (χ1v) is 7.43. The molecule has 0 bridgehead atoms. The molecule has 1 aliphatic rings. The first-order chi connectivity index (χ1) is 9.24. The van der Waals surface area contributed by atoms with Gasteiger partial charge >= 0.3 is 6.01 Å². The largest absolute Gasteiger partial charge is 0.464 e. The highest BCUT2D eigenvalue weighted by molar-refractivity contribution is 6.28. The van der Waals surface area contributed by atoms with Crippen molar-refractivity contribution in [1.29, 1.82) is 0 Å². The van der Waals surface area contributed by atoms with Crippen molar-refractivity contribution < 1.29 is 4.74 Å². The molecule has 0 radical (unpaired) electrons. The second-order valence-corrected chi connectivity index (χ2v) is 5.04. The molecule has 106 valence electrons. The fourth-order valence-corrected chi connectivity index (χ4v) is 2.75. The van der Waals surface area contributed by atoms with E-state index in [1.165, 1.54) is 32.1 Å². The maximum atomic E-state index is 5.96. The highest BCUT2D eigenvalue weighted by Crippen LogP contribution is 2.26. The Morgan fingerprint density at radius 2 is 1.89 bits per heavy atom. The third kappa shape index (κ3) is 3.69. The molecule has 1 aromatic rings. The van der Waals surface area contributed by atoms with Gasteiger partial charge in [-0.05, 0) is 38.3 Å². The first-order valence-electron chi connectivity index (χ1n) is 7.05. The zero-order valence-corrected chi connectivity index (χ0v) is 12.4.